The van der Waals surface area contributed by atoms with Crippen LogP contribution in [0.25, 0.3) is 17.1 Å². The maximum atomic E-state index is 12.4. The second-order valence-corrected chi connectivity index (χ2v) is 8.79. The molecule has 3 aromatic carbocycles. The normalized spacial score (nSPS) is 11.0. The Kier molecular flexibility index (Phi) is 7.97. The van der Waals surface area contributed by atoms with Crippen molar-refractivity contribution in [1.29, 1.82) is 0 Å². The molecule has 9 heteroatoms. The van der Waals surface area contributed by atoms with Crippen LogP contribution < -0.4 is 5.43 Å². The standard InChI is InChI=1S/C26H22ClN5O2S/c1-2-7-18-8-6-9-20(24(18)34)16-28-29-23(33)17-35-26-31-30-25(19-12-14-21(27)15-13-19)32(26)22-10-4-3-5-11-22/h2-6,8-16,34H,1,7,17H2,(H,29,33)/b28-16+. The summed E-state index contributed by atoms with van der Waals surface area (Å²) in [6.45, 7) is 3.68. The first kappa shape index (κ1) is 24.3. The predicted molar refractivity (Wildman–Crippen MR) is 140 cm³/mol. The number of amides is 1. The fourth-order valence-corrected chi connectivity index (χ4v) is 4.20. The van der Waals surface area contributed by atoms with Crippen molar-refractivity contribution in [3.05, 3.63) is 102 Å². The first-order chi connectivity index (χ1) is 17.1. The van der Waals surface area contributed by atoms with Crippen molar-refractivity contribution in [2.45, 2.75) is 11.6 Å². The highest BCUT2D eigenvalue weighted by Crippen LogP contribution is 2.28. The maximum Gasteiger partial charge on any atom is 0.250 e. The zero-order chi connectivity index (χ0) is 24.6. The van der Waals surface area contributed by atoms with Crippen molar-refractivity contribution in [2.75, 3.05) is 5.75 Å². The molecule has 1 heterocycles. The van der Waals surface area contributed by atoms with Crippen LogP contribution in [0.15, 0.2) is 95.7 Å². The molecule has 0 aliphatic carbocycles. The van der Waals surface area contributed by atoms with Gasteiger partial charge in [-0.3, -0.25) is 9.36 Å². The van der Waals surface area contributed by atoms with Gasteiger partial charge in [0, 0.05) is 21.8 Å². The van der Waals surface area contributed by atoms with Gasteiger partial charge in [-0.25, -0.2) is 5.43 Å². The van der Waals surface area contributed by atoms with Crippen LogP contribution in [0, 0.1) is 0 Å². The van der Waals surface area contributed by atoms with Crippen LogP contribution in [0.1, 0.15) is 11.1 Å². The molecule has 2 N–H and O–H groups in total. The minimum atomic E-state index is -0.316. The molecule has 0 atom stereocenters. The molecule has 0 saturated heterocycles. The molecule has 4 rings (SSSR count). The van der Waals surface area contributed by atoms with Gasteiger partial charge in [-0.05, 0) is 54.4 Å². The number of allylic oxidation sites excluding steroid dienone is 1. The summed E-state index contributed by atoms with van der Waals surface area (Å²) in [5.41, 5.74) is 5.46. The number of nitrogens with zero attached hydrogens (tertiary/aromatic N) is 4. The van der Waals surface area contributed by atoms with E-state index < -0.39 is 0 Å². The Labute approximate surface area is 212 Å². The summed E-state index contributed by atoms with van der Waals surface area (Å²) < 4.78 is 1.90. The number of aromatic hydroxyl groups is 1. The molecule has 0 bridgehead atoms. The smallest absolute Gasteiger partial charge is 0.250 e. The van der Waals surface area contributed by atoms with Gasteiger partial charge in [0.25, 0.3) is 5.91 Å². The Morgan fingerprint density at radius 1 is 1.09 bits per heavy atom. The monoisotopic (exact) mass is 503 g/mol. The molecule has 1 aromatic heterocycles. The number of phenolic OH excluding ortho intramolecular Hbond substituents is 1. The number of phenols is 1. The van der Waals surface area contributed by atoms with E-state index in [1.54, 1.807) is 24.3 Å². The molecular formula is C26H22ClN5O2S. The number of hydrogen-bond acceptors (Lipinski definition) is 6. The van der Waals surface area contributed by atoms with Gasteiger partial charge >= 0.3 is 0 Å². The lowest BCUT2D eigenvalue weighted by molar-refractivity contribution is -0.118. The van der Waals surface area contributed by atoms with E-state index in [2.05, 4.69) is 27.3 Å². The van der Waals surface area contributed by atoms with Crippen LogP contribution in [-0.4, -0.2) is 37.7 Å². The Bertz CT molecular complexity index is 1350. The van der Waals surface area contributed by atoms with E-state index in [0.29, 0.717) is 28.0 Å². The molecule has 0 aliphatic heterocycles. The third-order valence-corrected chi connectivity index (χ3v) is 6.17. The average Bonchev–Trinajstić information content (AvgIpc) is 3.30. The summed E-state index contributed by atoms with van der Waals surface area (Å²) in [5, 5.41) is 24.2. The first-order valence-electron chi connectivity index (χ1n) is 10.7. The third-order valence-electron chi connectivity index (χ3n) is 4.99. The van der Waals surface area contributed by atoms with E-state index in [1.807, 2.05) is 59.2 Å². The highest BCUT2D eigenvalue weighted by molar-refractivity contribution is 7.99. The van der Waals surface area contributed by atoms with Gasteiger partial charge in [-0.2, -0.15) is 5.10 Å². The number of carbonyl (C=O) groups excluding carboxylic acids is 1. The van der Waals surface area contributed by atoms with Gasteiger partial charge in [0.2, 0.25) is 0 Å². The Hall–Kier alpha value is -3.88. The van der Waals surface area contributed by atoms with E-state index in [0.717, 1.165) is 16.8 Å². The third kappa shape index (κ3) is 5.98. The van der Waals surface area contributed by atoms with Crippen molar-refractivity contribution in [1.82, 2.24) is 20.2 Å². The zero-order valence-corrected chi connectivity index (χ0v) is 20.2. The molecule has 7 nitrogen and oxygen atoms in total. The lowest BCUT2D eigenvalue weighted by Crippen LogP contribution is -2.20. The molecule has 35 heavy (non-hydrogen) atoms. The fraction of sp³-hybridized carbons (Fsp3) is 0.0769. The number of aromatic nitrogens is 3. The number of rotatable bonds is 9. The quantitative estimate of drug-likeness (QED) is 0.140. The van der Waals surface area contributed by atoms with E-state index >= 15 is 0 Å². The lowest BCUT2D eigenvalue weighted by Gasteiger charge is -2.10. The molecule has 0 radical (unpaired) electrons. The van der Waals surface area contributed by atoms with Crippen LogP contribution >= 0.6 is 23.4 Å². The predicted octanol–water partition coefficient (Wildman–Crippen LogP) is 5.26. The van der Waals surface area contributed by atoms with Crippen molar-refractivity contribution in [3.63, 3.8) is 0 Å². The summed E-state index contributed by atoms with van der Waals surface area (Å²) in [6.07, 6.45) is 3.66. The van der Waals surface area contributed by atoms with Gasteiger partial charge in [0.15, 0.2) is 11.0 Å². The SMILES string of the molecule is C=CCc1cccc(/C=N/NC(=O)CSc2nnc(-c3ccc(Cl)cc3)n2-c2ccccc2)c1O. The second kappa shape index (κ2) is 11.5. The number of carbonyl (C=O) groups is 1. The Balaban J connectivity index is 1.47. The topological polar surface area (TPSA) is 92.4 Å². The van der Waals surface area contributed by atoms with Gasteiger partial charge in [0.05, 0.1) is 12.0 Å². The molecule has 0 fully saturated rings. The Morgan fingerprint density at radius 2 is 1.86 bits per heavy atom. The van der Waals surface area contributed by atoms with Crippen molar-refractivity contribution < 1.29 is 9.90 Å². The van der Waals surface area contributed by atoms with E-state index in [1.165, 1.54) is 18.0 Å². The number of para-hydroxylation sites is 2. The van der Waals surface area contributed by atoms with Gasteiger partial charge in [-0.15, -0.1) is 16.8 Å². The largest absolute Gasteiger partial charge is 0.507 e. The van der Waals surface area contributed by atoms with Crippen LogP contribution in [-0.2, 0) is 11.2 Å². The average molecular weight is 504 g/mol. The van der Waals surface area contributed by atoms with E-state index in [9.17, 15) is 9.90 Å². The molecule has 4 aromatic rings. The number of thioether (sulfide) groups is 1. The molecule has 1 amide bonds. The first-order valence-corrected chi connectivity index (χ1v) is 12.1. The maximum absolute atomic E-state index is 12.4. The Morgan fingerprint density at radius 3 is 2.60 bits per heavy atom. The van der Waals surface area contributed by atoms with Crippen LogP contribution in [0.3, 0.4) is 0 Å². The number of nitrogens with one attached hydrogen (secondary N) is 1. The minimum absolute atomic E-state index is 0.0748. The van der Waals surface area contributed by atoms with Crippen molar-refractivity contribution >= 4 is 35.5 Å². The van der Waals surface area contributed by atoms with Gasteiger partial charge in [0.1, 0.15) is 5.75 Å². The highest BCUT2D eigenvalue weighted by Gasteiger charge is 2.17. The number of benzene rings is 3. The van der Waals surface area contributed by atoms with E-state index in [4.69, 9.17) is 11.6 Å². The molecule has 0 spiro atoms. The summed E-state index contributed by atoms with van der Waals surface area (Å²) in [5.74, 6) is 0.517. The van der Waals surface area contributed by atoms with Gasteiger partial charge in [-0.1, -0.05) is 59.8 Å². The number of hydrogen-bond donors (Lipinski definition) is 2. The van der Waals surface area contributed by atoms with E-state index in [-0.39, 0.29) is 17.4 Å². The fourth-order valence-electron chi connectivity index (χ4n) is 3.33. The summed E-state index contributed by atoms with van der Waals surface area (Å²) in [6, 6.07) is 22.4. The second-order valence-electron chi connectivity index (χ2n) is 7.41. The van der Waals surface area contributed by atoms with Crippen molar-refractivity contribution in [2.24, 2.45) is 5.10 Å². The van der Waals surface area contributed by atoms with Gasteiger partial charge < -0.3 is 5.11 Å². The molecular weight excluding hydrogens is 482 g/mol. The molecule has 0 aliphatic rings. The van der Waals surface area contributed by atoms with Crippen LogP contribution in [0.4, 0.5) is 0 Å². The molecule has 0 saturated carbocycles. The van der Waals surface area contributed by atoms with Crippen LogP contribution in [0.2, 0.25) is 5.02 Å². The highest BCUT2D eigenvalue weighted by atomic mass is 35.5. The summed E-state index contributed by atoms with van der Waals surface area (Å²) in [7, 11) is 0. The molecule has 176 valence electrons. The lowest BCUT2D eigenvalue weighted by atomic mass is 10.1. The summed E-state index contributed by atoms with van der Waals surface area (Å²) in [4.78, 5) is 12.4. The summed E-state index contributed by atoms with van der Waals surface area (Å²) >= 11 is 7.28. The number of hydrazone groups is 1. The number of halogens is 1. The zero-order valence-electron chi connectivity index (χ0n) is 18.6. The minimum Gasteiger partial charge on any atom is -0.507 e. The molecule has 0 unspecified atom stereocenters. The van der Waals surface area contributed by atoms with Crippen molar-refractivity contribution in [3.8, 4) is 22.8 Å². The van der Waals surface area contributed by atoms with Crippen LogP contribution in [0.5, 0.6) is 5.75 Å².